The standard InChI is InChI=1S/C15H15FN6O.C6H5F/c1-3-22-15(23)9-4-8(16)5-11-12(9)13(20-22)10(6-17-11)14-18-7-19-21(14)2;7-6-4-2-1-3-5-6/h4-5,7,10,17H,3,6H2,1-2H3;1-5H. The van der Waals surface area contributed by atoms with E-state index in [1.807, 2.05) is 14.0 Å². The highest BCUT2D eigenvalue weighted by molar-refractivity contribution is 5.97. The fraction of sp³-hybridized carbons (Fsp3) is 0.238. The molecule has 1 unspecified atom stereocenters. The van der Waals surface area contributed by atoms with Crippen LogP contribution in [0.4, 0.5) is 14.5 Å². The number of hydrogen-bond acceptors (Lipinski definition) is 5. The van der Waals surface area contributed by atoms with Gasteiger partial charge in [0, 0.05) is 31.2 Å². The van der Waals surface area contributed by atoms with Crippen LogP contribution in [0.25, 0.3) is 10.8 Å². The molecule has 0 aliphatic carbocycles. The van der Waals surface area contributed by atoms with Gasteiger partial charge in [0.05, 0.1) is 17.0 Å². The zero-order chi connectivity index (χ0) is 21.3. The lowest BCUT2D eigenvalue weighted by molar-refractivity contribution is 0.574. The van der Waals surface area contributed by atoms with Gasteiger partial charge in [-0.1, -0.05) is 18.2 Å². The van der Waals surface area contributed by atoms with Gasteiger partial charge >= 0.3 is 0 Å². The Morgan fingerprint density at radius 1 is 1.17 bits per heavy atom. The Morgan fingerprint density at radius 3 is 2.53 bits per heavy atom. The summed E-state index contributed by atoms with van der Waals surface area (Å²) in [6.45, 7) is 2.78. The Morgan fingerprint density at radius 2 is 1.93 bits per heavy atom. The monoisotopic (exact) mass is 410 g/mol. The average Bonchev–Trinajstić information content (AvgIpc) is 3.17. The summed E-state index contributed by atoms with van der Waals surface area (Å²) in [4.78, 5) is 16.8. The molecule has 0 bridgehead atoms. The van der Waals surface area contributed by atoms with Crippen molar-refractivity contribution in [3.05, 3.63) is 82.3 Å². The van der Waals surface area contributed by atoms with E-state index in [4.69, 9.17) is 0 Å². The van der Waals surface area contributed by atoms with E-state index in [9.17, 15) is 13.6 Å². The van der Waals surface area contributed by atoms with E-state index in [0.717, 1.165) is 11.5 Å². The number of nitrogens with one attached hydrogen (secondary N) is 1. The van der Waals surface area contributed by atoms with Gasteiger partial charge in [0.15, 0.2) is 0 Å². The summed E-state index contributed by atoms with van der Waals surface area (Å²) < 4.78 is 28.8. The smallest absolute Gasteiger partial charge is 0.274 e. The van der Waals surface area contributed by atoms with Crippen molar-refractivity contribution in [1.82, 2.24) is 24.5 Å². The van der Waals surface area contributed by atoms with Gasteiger partial charge in [-0.3, -0.25) is 9.48 Å². The number of rotatable bonds is 2. The van der Waals surface area contributed by atoms with Crippen LogP contribution in [0.3, 0.4) is 0 Å². The van der Waals surface area contributed by atoms with Gasteiger partial charge < -0.3 is 5.32 Å². The molecule has 0 spiro atoms. The first-order valence-electron chi connectivity index (χ1n) is 9.52. The topological polar surface area (TPSA) is 77.6 Å². The molecule has 5 rings (SSSR count). The van der Waals surface area contributed by atoms with Crippen LogP contribution in [0.15, 0.2) is 53.6 Å². The number of anilines is 1. The minimum absolute atomic E-state index is 0.152. The van der Waals surface area contributed by atoms with Crippen molar-refractivity contribution in [3.63, 3.8) is 0 Å². The molecule has 3 heterocycles. The second-order valence-corrected chi connectivity index (χ2v) is 6.85. The van der Waals surface area contributed by atoms with Crippen molar-refractivity contribution in [2.24, 2.45) is 7.05 Å². The van der Waals surface area contributed by atoms with Gasteiger partial charge in [-0.25, -0.2) is 18.4 Å². The minimum atomic E-state index is -0.436. The third-order valence-electron chi connectivity index (χ3n) is 4.97. The SMILES string of the molecule is CCn1nc2c3c(cc(F)cc3c1=O)NCC2c1ncnn1C.Fc1ccccc1. The van der Waals surface area contributed by atoms with Crippen LogP contribution < -0.4 is 10.9 Å². The van der Waals surface area contributed by atoms with Gasteiger partial charge in [0.1, 0.15) is 23.8 Å². The van der Waals surface area contributed by atoms with Gasteiger partial charge in [-0.2, -0.15) is 10.2 Å². The maximum Gasteiger partial charge on any atom is 0.274 e. The lowest BCUT2D eigenvalue weighted by atomic mass is 9.94. The lowest BCUT2D eigenvalue weighted by Crippen LogP contribution is -2.30. The molecule has 4 aromatic rings. The van der Waals surface area contributed by atoms with Gasteiger partial charge in [-0.15, -0.1) is 0 Å². The predicted octanol–water partition coefficient (Wildman–Crippen LogP) is 3.07. The Balaban J connectivity index is 0.000000265. The number of benzene rings is 2. The number of halogens is 2. The van der Waals surface area contributed by atoms with Crippen LogP contribution in [0.1, 0.15) is 24.4 Å². The number of aryl methyl sites for hydroxylation is 2. The number of hydrogen-bond donors (Lipinski definition) is 1. The first-order valence-corrected chi connectivity index (χ1v) is 9.52. The molecule has 0 fully saturated rings. The fourth-order valence-corrected chi connectivity index (χ4v) is 3.57. The molecule has 0 amide bonds. The molecule has 30 heavy (non-hydrogen) atoms. The number of aromatic nitrogens is 5. The summed E-state index contributed by atoms with van der Waals surface area (Å²) in [5, 5.41) is 12.8. The highest BCUT2D eigenvalue weighted by Gasteiger charge is 2.30. The molecule has 1 aliphatic rings. The molecular formula is C21H20F2N6O. The zero-order valence-corrected chi connectivity index (χ0v) is 16.5. The van der Waals surface area contributed by atoms with E-state index in [0.29, 0.717) is 29.5 Å². The Bertz CT molecular complexity index is 1250. The third kappa shape index (κ3) is 3.54. The molecular weight excluding hydrogens is 390 g/mol. The van der Waals surface area contributed by atoms with Crippen LogP contribution in [-0.4, -0.2) is 31.1 Å². The van der Waals surface area contributed by atoms with Crippen molar-refractivity contribution in [2.75, 3.05) is 11.9 Å². The molecule has 9 heteroatoms. The summed E-state index contributed by atoms with van der Waals surface area (Å²) in [6, 6.07) is 10.6. The van der Waals surface area contributed by atoms with Crippen molar-refractivity contribution in [2.45, 2.75) is 19.4 Å². The van der Waals surface area contributed by atoms with Gasteiger partial charge in [0.2, 0.25) is 0 Å². The maximum absolute atomic E-state index is 13.9. The van der Waals surface area contributed by atoms with Gasteiger partial charge in [-0.05, 0) is 31.2 Å². The maximum atomic E-state index is 13.9. The predicted molar refractivity (Wildman–Crippen MR) is 109 cm³/mol. The van der Waals surface area contributed by atoms with Gasteiger partial charge in [0.25, 0.3) is 5.56 Å². The summed E-state index contributed by atoms with van der Waals surface area (Å²) >= 11 is 0. The average molecular weight is 410 g/mol. The largest absolute Gasteiger partial charge is 0.383 e. The molecule has 0 saturated carbocycles. The highest BCUT2D eigenvalue weighted by Crippen LogP contribution is 2.36. The Hall–Kier alpha value is -3.62. The van der Waals surface area contributed by atoms with Crippen molar-refractivity contribution < 1.29 is 8.78 Å². The molecule has 1 atom stereocenters. The minimum Gasteiger partial charge on any atom is -0.383 e. The second-order valence-electron chi connectivity index (χ2n) is 6.85. The quantitative estimate of drug-likeness (QED) is 0.550. The summed E-state index contributed by atoms with van der Waals surface area (Å²) in [5.74, 6) is -0.0135. The first-order chi connectivity index (χ1) is 14.5. The van der Waals surface area contributed by atoms with Crippen molar-refractivity contribution >= 4 is 16.5 Å². The highest BCUT2D eigenvalue weighted by atomic mass is 19.1. The normalized spacial score (nSPS) is 14.7. The van der Waals surface area contributed by atoms with Crippen LogP contribution in [-0.2, 0) is 13.6 Å². The van der Waals surface area contributed by atoms with Crippen LogP contribution in [0.5, 0.6) is 0 Å². The van der Waals surface area contributed by atoms with Crippen LogP contribution in [0, 0.1) is 11.6 Å². The summed E-state index contributed by atoms with van der Waals surface area (Å²) in [6.07, 6.45) is 1.49. The van der Waals surface area contributed by atoms with E-state index in [1.54, 1.807) is 22.9 Å². The summed E-state index contributed by atoms with van der Waals surface area (Å²) in [5.41, 5.74) is 1.04. The molecule has 2 aromatic carbocycles. The lowest BCUT2D eigenvalue weighted by Gasteiger charge is -2.26. The van der Waals surface area contributed by atoms with Crippen LogP contribution in [0.2, 0.25) is 0 Å². The molecule has 0 saturated heterocycles. The summed E-state index contributed by atoms with van der Waals surface area (Å²) in [7, 11) is 1.82. The fourth-order valence-electron chi connectivity index (χ4n) is 3.57. The molecule has 1 N–H and O–H groups in total. The van der Waals surface area contributed by atoms with E-state index < -0.39 is 5.82 Å². The third-order valence-corrected chi connectivity index (χ3v) is 4.97. The Kier molecular flexibility index (Phi) is 5.26. The van der Waals surface area contributed by atoms with E-state index in [2.05, 4.69) is 20.5 Å². The van der Waals surface area contributed by atoms with E-state index in [1.165, 1.54) is 35.3 Å². The van der Waals surface area contributed by atoms with Crippen molar-refractivity contribution in [1.29, 1.82) is 0 Å². The van der Waals surface area contributed by atoms with Crippen molar-refractivity contribution in [3.8, 4) is 0 Å². The second kappa shape index (κ2) is 8.02. The van der Waals surface area contributed by atoms with Crippen LogP contribution >= 0.6 is 0 Å². The molecule has 7 nitrogen and oxygen atoms in total. The molecule has 1 aliphatic heterocycles. The molecule has 154 valence electrons. The Labute approximate surface area is 171 Å². The zero-order valence-electron chi connectivity index (χ0n) is 16.5. The van der Waals surface area contributed by atoms with E-state index in [-0.39, 0.29) is 17.3 Å². The van der Waals surface area contributed by atoms with E-state index >= 15 is 0 Å². The number of nitrogens with zero attached hydrogens (tertiary/aromatic N) is 5. The molecule has 0 radical (unpaired) electrons. The molecule has 2 aromatic heterocycles. The first kappa shape index (κ1) is 19.7.